The quantitative estimate of drug-likeness (QED) is 0.287. The Morgan fingerprint density at radius 1 is 0.929 bits per heavy atom. The third-order valence-electron chi connectivity index (χ3n) is 2.52. The van der Waals surface area contributed by atoms with Crippen LogP contribution >= 0.6 is 24.8 Å². The fourth-order valence-electron chi connectivity index (χ4n) is 1.90. The molecule has 0 amide bonds. The molecule has 0 saturated heterocycles. The molecule has 3 aromatic rings. The molecule has 3 rings (SSSR count). The number of hydrogen-bond acceptors (Lipinski definition) is 2. The molecule has 0 aromatic heterocycles. The zero-order valence-electron chi connectivity index (χ0n) is 17.3. The smallest absolute Gasteiger partial charge is 0.0771 e. The summed E-state index contributed by atoms with van der Waals surface area (Å²) < 4.78 is 0. The van der Waals surface area contributed by atoms with Crippen molar-refractivity contribution in [2.24, 2.45) is 0 Å². The standard InChI is InChI=1S/C13H9.C4H10N.C2H5O.CH4O.CH3.2ClH.Si.Zr/c1-3-7-12-10(5-1)9-11-6-2-4-8-13(11)12;1-4(2,3)5;1-2-3;1-2;;;;;/h1-9H;5H,1-3H3;3H,1-2H2;2H,1H3;1H3;2*1H;;/q3*-1;;-1;;;;. The van der Waals surface area contributed by atoms with E-state index in [1.165, 1.54) is 44.9 Å². The maximum atomic E-state index is 7.46. The number of fused-ring (bicyclic) bond motifs is 3. The van der Waals surface area contributed by atoms with Gasteiger partial charge >= 0.3 is 30.2 Å². The van der Waals surface area contributed by atoms with Crippen molar-refractivity contribution in [2.75, 3.05) is 13.7 Å². The van der Waals surface area contributed by atoms with Crippen molar-refractivity contribution in [1.82, 2.24) is 0 Å². The fourth-order valence-corrected chi connectivity index (χ4v) is 1.90. The molecular formula is C21H33Cl2NO2SiZr-4. The van der Waals surface area contributed by atoms with E-state index in [-0.39, 0.29) is 44.4 Å². The minimum Gasteiger partial charge on any atom is -0.126 e. The van der Waals surface area contributed by atoms with E-state index in [2.05, 4.69) is 68.4 Å². The van der Waals surface area contributed by atoms with Crippen LogP contribution in [-0.2, 0) is 23.3 Å². The van der Waals surface area contributed by atoms with Gasteiger partial charge in [0.25, 0.3) is 0 Å². The molecule has 7 heteroatoms. The molecule has 0 saturated carbocycles. The maximum Gasteiger partial charge on any atom is -0.0771 e. The van der Waals surface area contributed by atoms with E-state index >= 15 is 0 Å². The van der Waals surface area contributed by atoms with Crippen molar-refractivity contribution in [2.45, 2.75) is 26.3 Å². The molecule has 0 aliphatic rings. The molecule has 3 nitrogen and oxygen atoms in total. The summed E-state index contributed by atoms with van der Waals surface area (Å²) in [4.78, 5) is 0. The van der Waals surface area contributed by atoms with Gasteiger partial charge in [-0.05, 0) is 0 Å². The van der Waals surface area contributed by atoms with Gasteiger partial charge in [0, 0.05) is 7.11 Å². The van der Waals surface area contributed by atoms with Gasteiger partial charge in [0.05, 0.1) is 0 Å². The molecule has 2 radical (unpaired) electrons. The third-order valence-corrected chi connectivity index (χ3v) is 2.52. The van der Waals surface area contributed by atoms with E-state index in [0.717, 1.165) is 7.11 Å². The zero-order chi connectivity index (χ0) is 19.9. The van der Waals surface area contributed by atoms with Gasteiger partial charge < -0.3 is 30.3 Å². The minimum absolute atomic E-state index is 0. The predicted molar refractivity (Wildman–Crippen MR) is 128 cm³/mol. The number of hydrogen-bond donors (Lipinski definition) is 2. The minimum atomic E-state index is -0.250. The van der Waals surface area contributed by atoms with E-state index in [1.54, 1.807) is 0 Å². The molecule has 0 unspecified atom stereocenters. The Labute approximate surface area is 200 Å². The first-order chi connectivity index (χ1) is 11.9. The summed E-state index contributed by atoms with van der Waals surface area (Å²) in [7, 11) is 1.00. The topological polar surface area (TPSA) is 64.3 Å². The molecule has 28 heavy (non-hydrogen) atoms. The number of aliphatic hydroxyl groups excluding tert-OH is 2. The Bertz CT molecular complexity index is 647. The van der Waals surface area contributed by atoms with Crippen LogP contribution in [0.5, 0.6) is 0 Å². The van der Waals surface area contributed by atoms with E-state index in [1.807, 2.05) is 20.8 Å². The Morgan fingerprint density at radius 3 is 1.39 bits per heavy atom. The summed E-state index contributed by atoms with van der Waals surface area (Å²) in [6.45, 7) is 11.7. The number of nitrogens with one attached hydrogen (secondary N) is 1. The van der Waals surface area contributed by atoms with Crippen molar-refractivity contribution < 1.29 is 33.5 Å². The number of halogens is 2. The summed E-state index contributed by atoms with van der Waals surface area (Å²) in [6, 6.07) is 19.3. The molecule has 0 heterocycles. The van der Waals surface area contributed by atoms with Gasteiger partial charge in [0.1, 0.15) is 0 Å². The van der Waals surface area contributed by atoms with E-state index in [4.69, 9.17) is 15.9 Å². The normalized spacial score (nSPS) is 8.25. The molecule has 3 aromatic carbocycles. The van der Waals surface area contributed by atoms with Crippen molar-refractivity contribution in [3.05, 3.63) is 74.7 Å². The van der Waals surface area contributed by atoms with Gasteiger partial charge in [-0.3, -0.25) is 0 Å². The Hall–Kier alpha value is -0.130. The number of aliphatic hydroxyl groups is 2. The van der Waals surface area contributed by atoms with Crippen molar-refractivity contribution in [3.63, 3.8) is 0 Å². The van der Waals surface area contributed by atoms with Gasteiger partial charge in [0.2, 0.25) is 0 Å². The molecule has 0 bridgehead atoms. The van der Waals surface area contributed by atoms with Gasteiger partial charge in [-0.15, -0.1) is 70.1 Å². The molecule has 0 aliphatic heterocycles. The van der Waals surface area contributed by atoms with E-state index in [0.29, 0.717) is 0 Å². The van der Waals surface area contributed by atoms with Crippen LogP contribution in [0.2, 0.25) is 0 Å². The molecular weight excluding hydrogens is 488 g/mol. The van der Waals surface area contributed by atoms with Crippen LogP contribution in [0.4, 0.5) is 0 Å². The van der Waals surface area contributed by atoms with Crippen LogP contribution in [0.15, 0.2) is 54.6 Å². The van der Waals surface area contributed by atoms with Gasteiger partial charge in [-0.1, -0.05) is 63.8 Å². The average Bonchev–Trinajstić information content (AvgIpc) is 2.96. The Balaban J connectivity index is -0.000000102. The van der Waals surface area contributed by atoms with Crippen molar-refractivity contribution in [3.8, 4) is 0 Å². The number of benzene rings is 2. The van der Waals surface area contributed by atoms with Gasteiger partial charge in [-0.25, -0.2) is 0 Å². The monoisotopic (exact) mass is 519 g/mol. The largest absolute Gasteiger partial charge is 0.126 e. The van der Waals surface area contributed by atoms with Crippen LogP contribution in [-0.4, -0.2) is 36.3 Å². The molecule has 0 aliphatic carbocycles. The van der Waals surface area contributed by atoms with Crippen molar-refractivity contribution in [1.29, 1.82) is 0 Å². The third kappa shape index (κ3) is 17.9. The second kappa shape index (κ2) is 23.2. The van der Waals surface area contributed by atoms with Crippen LogP contribution < -0.4 is 0 Å². The van der Waals surface area contributed by atoms with Crippen LogP contribution in [0, 0.1) is 14.4 Å². The summed E-state index contributed by atoms with van der Waals surface area (Å²) >= 11 is 1.36. The molecule has 0 fully saturated rings. The van der Waals surface area contributed by atoms with Gasteiger partial charge in [0.15, 0.2) is 0 Å². The van der Waals surface area contributed by atoms with Crippen LogP contribution in [0.25, 0.3) is 27.3 Å². The second-order valence-electron chi connectivity index (χ2n) is 5.79. The molecule has 3 N–H and O–H groups in total. The Morgan fingerprint density at radius 2 is 1.14 bits per heavy atom. The first-order valence-corrected chi connectivity index (χ1v) is 11.9. The van der Waals surface area contributed by atoms with E-state index < -0.39 is 0 Å². The molecule has 0 atom stereocenters. The molecule has 160 valence electrons. The summed E-state index contributed by atoms with van der Waals surface area (Å²) in [5.74, 6) is 0. The predicted octanol–water partition coefficient (Wildman–Crippen LogP) is 5.88. The average molecular weight is 522 g/mol. The van der Waals surface area contributed by atoms with E-state index in [9.17, 15) is 0 Å². The fraction of sp³-hybridized carbons (Fsp3) is 0.286. The second-order valence-corrected chi connectivity index (χ2v) is 5.79. The van der Waals surface area contributed by atoms with Crippen LogP contribution in [0.3, 0.4) is 0 Å². The van der Waals surface area contributed by atoms with Crippen LogP contribution in [0.1, 0.15) is 20.8 Å². The Kier molecular flexibility index (Phi) is 31.8. The zero-order valence-corrected chi connectivity index (χ0v) is 22.4. The SMILES string of the molecule is CC(C)(C)[NH-].CO.Cl.Cl.[CH2-]CO.[CH3-].[Si]=[Zr].c1ccc2c(c1)[cH-]c1ccccc12. The molecule has 0 spiro atoms. The summed E-state index contributed by atoms with van der Waals surface area (Å²) in [5.41, 5.74) is 6.69. The summed E-state index contributed by atoms with van der Waals surface area (Å²) in [5, 5.41) is 19.9. The summed E-state index contributed by atoms with van der Waals surface area (Å²) in [6.07, 6.45) is 0. The first-order valence-electron chi connectivity index (χ1n) is 7.75. The first kappa shape index (κ1) is 38.5. The maximum absolute atomic E-state index is 7.46. The van der Waals surface area contributed by atoms with Crippen molar-refractivity contribution >= 4 is 53.2 Å². The van der Waals surface area contributed by atoms with Gasteiger partial charge in [-0.2, -0.15) is 0 Å². The number of rotatable bonds is 0.